The highest BCUT2D eigenvalue weighted by Crippen LogP contribution is 2.55. The van der Waals surface area contributed by atoms with Crippen LogP contribution in [0.2, 0.25) is 0 Å². The normalized spacial score (nSPS) is 14.2. The van der Waals surface area contributed by atoms with E-state index in [1.165, 1.54) is 6.92 Å². The van der Waals surface area contributed by atoms with Crippen molar-refractivity contribution in [3.8, 4) is 0 Å². The average Bonchev–Trinajstić information content (AvgIpc) is 2.68. The van der Waals surface area contributed by atoms with Gasteiger partial charge in [-0.15, -0.1) is 0 Å². The summed E-state index contributed by atoms with van der Waals surface area (Å²) >= 11 is 0. The van der Waals surface area contributed by atoms with Gasteiger partial charge in [-0.3, -0.25) is 0 Å². The van der Waals surface area contributed by atoms with Crippen molar-refractivity contribution in [2.45, 2.75) is 42.8 Å². The van der Waals surface area contributed by atoms with Crippen LogP contribution >= 0.6 is 0 Å². The lowest BCUT2D eigenvalue weighted by molar-refractivity contribution is -0.401. The molecule has 0 aromatic heterocycles. The number of hydrogen-bond donors (Lipinski definition) is 0. The first-order valence-corrected chi connectivity index (χ1v) is 9.29. The number of hydrogen-bond acceptors (Lipinski definition) is 4. The molecule has 1 aromatic carbocycles. The van der Waals surface area contributed by atoms with Crippen molar-refractivity contribution in [3.05, 3.63) is 48.2 Å². The van der Waals surface area contributed by atoms with Crippen molar-refractivity contribution in [3.63, 3.8) is 0 Å². The molecule has 0 N–H and O–H groups in total. The van der Waals surface area contributed by atoms with Gasteiger partial charge < -0.3 is 18.9 Å². The summed E-state index contributed by atoms with van der Waals surface area (Å²) in [6.07, 6.45) is -24.3. The maximum Gasteiger partial charge on any atom is 0.430 e. The van der Waals surface area contributed by atoms with E-state index in [1.54, 1.807) is 0 Å². The summed E-state index contributed by atoms with van der Waals surface area (Å²) < 4.78 is 181. The Morgan fingerprint density at radius 2 is 1.03 bits per heavy atom. The fourth-order valence-corrected chi connectivity index (χ4v) is 2.95. The molecule has 0 radical (unpaired) electrons. The van der Waals surface area contributed by atoms with Gasteiger partial charge in [-0.05, 0) is 6.92 Å². The highest BCUT2D eigenvalue weighted by Gasteiger charge is 2.75. The van der Waals surface area contributed by atoms with Crippen molar-refractivity contribution in [1.82, 2.24) is 0 Å². The molecule has 16 heteroatoms. The molecule has 0 bridgehead atoms. The third-order valence-electron chi connectivity index (χ3n) is 4.50. The second-order valence-electron chi connectivity index (χ2n) is 6.57. The Morgan fingerprint density at radius 1 is 0.657 bits per heavy atom. The number of ether oxygens (including phenoxy) is 4. The molecule has 0 aliphatic carbocycles. The fraction of sp³-hybridized carbons (Fsp3) is 0.579. The predicted molar refractivity (Wildman–Crippen MR) is 93.7 cm³/mol. The van der Waals surface area contributed by atoms with E-state index in [4.69, 9.17) is 0 Å². The SMILES string of the molecule is C=COCCOC(c1ccc(C(OCOCC)(C(F)(F)F)C(F)(F)F)cc1)(C(F)(F)F)C(F)(F)F. The van der Waals surface area contributed by atoms with Crippen LogP contribution in [0.3, 0.4) is 0 Å². The van der Waals surface area contributed by atoms with Crippen LogP contribution in [0, 0.1) is 0 Å². The topological polar surface area (TPSA) is 36.9 Å². The summed E-state index contributed by atoms with van der Waals surface area (Å²) in [6.45, 7) is 0.186. The minimum atomic E-state index is -6.24. The van der Waals surface area contributed by atoms with Crippen LogP contribution in [-0.2, 0) is 30.1 Å². The standard InChI is InChI=1S/C19H18F12O4/c1-3-32-9-10-34-14(16(20,21)22,17(23,24)25)12-5-7-13(8-6-12)15(18(26,27)28,19(29,30)31)35-11-33-4-2/h3,5-8H,1,4,9-11H2,2H3. The van der Waals surface area contributed by atoms with Gasteiger partial charge in [0.05, 0.1) is 12.9 Å². The quantitative estimate of drug-likeness (QED) is 0.139. The van der Waals surface area contributed by atoms with Crippen LogP contribution < -0.4 is 0 Å². The maximum atomic E-state index is 13.7. The first-order valence-electron chi connectivity index (χ1n) is 9.29. The van der Waals surface area contributed by atoms with E-state index in [2.05, 4.69) is 25.5 Å². The van der Waals surface area contributed by atoms with Crippen LogP contribution in [0.5, 0.6) is 0 Å². The Morgan fingerprint density at radius 3 is 1.34 bits per heavy atom. The van der Waals surface area contributed by atoms with Gasteiger partial charge in [-0.1, -0.05) is 30.8 Å². The van der Waals surface area contributed by atoms with E-state index < -0.39 is 67.0 Å². The Labute approximate surface area is 190 Å². The summed E-state index contributed by atoms with van der Waals surface area (Å²) in [4.78, 5) is 0. The molecule has 0 saturated heterocycles. The molecular weight excluding hydrogens is 520 g/mol. The lowest BCUT2D eigenvalue weighted by Crippen LogP contribution is -2.57. The van der Waals surface area contributed by atoms with Gasteiger partial charge in [0, 0.05) is 17.7 Å². The smallest absolute Gasteiger partial charge is 0.430 e. The Bertz CT molecular complexity index is 782. The van der Waals surface area contributed by atoms with Crippen molar-refractivity contribution in [2.24, 2.45) is 0 Å². The predicted octanol–water partition coefficient (Wildman–Crippen LogP) is 6.51. The number of benzene rings is 1. The zero-order chi connectivity index (χ0) is 27.3. The largest absolute Gasteiger partial charge is 0.499 e. The molecule has 1 rings (SSSR count). The molecule has 0 spiro atoms. The Balaban J connectivity index is 3.74. The molecular formula is C19H18F12O4. The number of rotatable bonds is 11. The minimum Gasteiger partial charge on any atom is -0.499 e. The molecule has 202 valence electrons. The average molecular weight is 538 g/mol. The lowest BCUT2D eigenvalue weighted by atomic mass is 9.86. The van der Waals surface area contributed by atoms with Crippen LogP contribution in [0.15, 0.2) is 37.1 Å². The lowest BCUT2D eigenvalue weighted by Gasteiger charge is -2.39. The van der Waals surface area contributed by atoms with E-state index in [-0.39, 0.29) is 30.9 Å². The van der Waals surface area contributed by atoms with Gasteiger partial charge in [-0.2, -0.15) is 52.7 Å². The molecule has 1 aromatic rings. The summed E-state index contributed by atoms with van der Waals surface area (Å²) in [5.74, 6) is 0. The van der Waals surface area contributed by atoms with Gasteiger partial charge in [0.1, 0.15) is 13.4 Å². The molecule has 0 unspecified atom stereocenters. The zero-order valence-electron chi connectivity index (χ0n) is 17.6. The molecule has 0 atom stereocenters. The summed E-state index contributed by atoms with van der Waals surface area (Å²) in [6, 6.07) is -0.835. The molecule has 0 aliphatic heterocycles. The van der Waals surface area contributed by atoms with Gasteiger partial charge in [0.15, 0.2) is 0 Å². The molecule has 0 aliphatic rings. The van der Waals surface area contributed by atoms with Gasteiger partial charge >= 0.3 is 24.7 Å². The van der Waals surface area contributed by atoms with E-state index in [0.717, 1.165) is 0 Å². The van der Waals surface area contributed by atoms with Crippen LogP contribution in [0.25, 0.3) is 0 Å². The van der Waals surface area contributed by atoms with Crippen LogP contribution in [0.1, 0.15) is 18.1 Å². The first-order chi connectivity index (χ1) is 15.8. The minimum absolute atomic E-state index is 0.207. The summed E-state index contributed by atoms with van der Waals surface area (Å²) in [7, 11) is 0. The molecule has 0 amide bonds. The van der Waals surface area contributed by atoms with E-state index in [0.29, 0.717) is 6.26 Å². The summed E-state index contributed by atoms with van der Waals surface area (Å²) in [5.41, 5.74) is -13.9. The molecule has 0 fully saturated rings. The Hall–Kier alpha value is -2.20. The van der Waals surface area contributed by atoms with Crippen molar-refractivity contribution < 1.29 is 71.6 Å². The van der Waals surface area contributed by atoms with E-state index in [9.17, 15) is 52.7 Å². The highest BCUT2D eigenvalue weighted by molar-refractivity contribution is 5.35. The first kappa shape index (κ1) is 30.8. The third kappa shape index (κ3) is 5.97. The zero-order valence-corrected chi connectivity index (χ0v) is 17.6. The van der Waals surface area contributed by atoms with E-state index in [1.807, 2.05) is 0 Å². The molecule has 4 nitrogen and oxygen atoms in total. The second-order valence-corrected chi connectivity index (χ2v) is 6.57. The monoisotopic (exact) mass is 538 g/mol. The molecule has 0 heterocycles. The molecule has 35 heavy (non-hydrogen) atoms. The summed E-state index contributed by atoms with van der Waals surface area (Å²) in [5, 5.41) is 0. The van der Waals surface area contributed by atoms with Crippen molar-refractivity contribution >= 4 is 0 Å². The second kappa shape index (κ2) is 10.8. The van der Waals surface area contributed by atoms with Gasteiger partial charge in [-0.25, -0.2) is 0 Å². The fourth-order valence-electron chi connectivity index (χ4n) is 2.95. The van der Waals surface area contributed by atoms with Crippen molar-refractivity contribution in [2.75, 3.05) is 26.6 Å². The van der Waals surface area contributed by atoms with Gasteiger partial charge in [0.2, 0.25) is 0 Å². The van der Waals surface area contributed by atoms with E-state index >= 15 is 0 Å². The molecule has 0 saturated carbocycles. The third-order valence-corrected chi connectivity index (χ3v) is 4.50. The highest BCUT2D eigenvalue weighted by atomic mass is 19.4. The Kier molecular flexibility index (Phi) is 9.53. The van der Waals surface area contributed by atoms with Crippen LogP contribution in [0.4, 0.5) is 52.7 Å². The number of alkyl halides is 12. The maximum absolute atomic E-state index is 13.7. The van der Waals surface area contributed by atoms with Crippen LogP contribution in [-0.4, -0.2) is 51.3 Å². The van der Waals surface area contributed by atoms with Crippen molar-refractivity contribution in [1.29, 1.82) is 0 Å². The van der Waals surface area contributed by atoms with Gasteiger partial charge in [0.25, 0.3) is 11.2 Å². The number of halogens is 12.